The van der Waals surface area contributed by atoms with E-state index in [0.717, 1.165) is 15.4 Å². The van der Waals surface area contributed by atoms with Gasteiger partial charge in [0.2, 0.25) is 0 Å². The molecule has 7 nitrogen and oxygen atoms in total. The average Bonchev–Trinajstić information content (AvgIpc) is 3.11. The number of hydrogen-bond donors (Lipinski definition) is 3. The summed E-state index contributed by atoms with van der Waals surface area (Å²) in [5.41, 5.74) is 6.32. The highest BCUT2D eigenvalue weighted by Gasteiger charge is 2.15. The van der Waals surface area contributed by atoms with Crippen LogP contribution in [0.15, 0.2) is 59.2 Å². The molecular weight excluding hydrogens is 456 g/mol. The molecule has 0 saturated heterocycles. The Balaban J connectivity index is 1.55. The molecule has 0 aliphatic carbocycles. The first kappa shape index (κ1) is 20.8. The van der Waals surface area contributed by atoms with Crippen LogP contribution in [0.4, 0.5) is 0 Å². The summed E-state index contributed by atoms with van der Waals surface area (Å²) in [5, 5.41) is 3.55. The summed E-state index contributed by atoms with van der Waals surface area (Å²) in [6.45, 7) is 2.37. The Morgan fingerprint density at radius 1 is 1.14 bits per heavy atom. The number of carbonyl (C=O) groups is 2. The van der Waals surface area contributed by atoms with E-state index in [1.807, 2.05) is 48.0 Å². The smallest absolute Gasteiger partial charge is 0.261 e. The Morgan fingerprint density at radius 2 is 1.93 bits per heavy atom. The molecule has 29 heavy (non-hydrogen) atoms. The van der Waals surface area contributed by atoms with E-state index >= 15 is 0 Å². The molecule has 0 radical (unpaired) electrons. The van der Waals surface area contributed by atoms with Crippen molar-refractivity contribution in [1.82, 2.24) is 20.7 Å². The Kier molecular flexibility index (Phi) is 6.84. The number of fused-ring (bicyclic) bond motifs is 1. The minimum absolute atomic E-state index is 0.0249. The molecule has 0 aliphatic rings. The van der Waals surface area contributed by atoms with E-state index in [4.69, 9.17) is 17.0 Å². The van der Waals surface area contributed by atoms with Gasteiger partial charge in [-0.2, -0.15) is 0 Å². The first-order valence-corrected chi connectivity index (χ1v) is 10.0. The normalized spacial score (nSPS) is 10.4. The number of nitrogens with one attached hydrogen (secondary N) is 3. The molecule has 1 aromatic heterocycles. The maximum absolute atomic E-state index is 12.5. The zero-order valence-electron chi connectivity index (χ0n) is 15.6. The van der Waals surface area contributed by atoms with E-state index in [1.165, 1.54) is 0 Å². The third-order valence-electron chi connectivity index (χ3n) is 4.02. The van der Waals surface area contributed by atoms with Gasteiger partial charge in [-0.15, -0.1) is 0 Å². The fourth-order valence-corrected chi connectivity index (χ4v) is 3.27. The van der Waals surface area contributed by atoms with Crippen LogP contribution in [0.25, 0.3) is 10.9 Å². The van der Waals surface area contributed by atoms with Crippen molar-refractivity contribution in [3.8, 4) is 5.75 Å². The number of carbonyl (C=O) groups excluding carboxylic acids is 2. The van der Waals surface area contributed by atoms with Crippen molar-refractivity contribution in [2.24, 2.45) is 0 Å². The van der Waals surface area contributed by atoms with Crippen molar-refractivity contribution >= 4 is 56.0 Å². The molecule has 3 aromatic rings. The second-order valence-corrected chi connectivity index (χ2v) is 7.36. The van der Waals surface area contributed by atoms with Crippen LogP contribution >= 0.6 is 28.1 Å². The Hall–Kier alpha value is -2.91. The fraction of sp³-hybridized carbons (Fsp3) is 0.150. The van der Waals surface area contributed by atoms with Gasteiger partial charge in [0.05, 0.1) is 12.2 Å². The van der Waals surface area contributed by atoms with Crippen LogP contribution in [-0.4, -0.2) is 28.1 Å². The molecule has 9 heteroatoms. The van der Waals surface area contributed by atoms with Crippen LogP contribution in [0.5, 0.6) is 5.75 Å². The zero-order valence-corrected chi connectivity index (χ0v) is 18.0. The van der Waals surface area contributed by atoms with Crippen molar-refractivity contribution in [3.05, 3.63) is 64.8 Å². The number of thiocarbonyl (C=S) groups is 1. The van der Waals surface area contributed by atoms with Crippen molar-refractivity contribution in [3.63, 3.8) is 0 Å². The molecule has 3 N–H and O–H groups in total. The number of benzene rings is 2. The molecule has 150 valence electrons. The number of hydrazine groups is 1. The van der Waals surface area contributed by atoms with Crippen molar-refractivity contribution in [1.29, 1.82) is 0 Å². The molecule has 3 rings (SSSR count). The molecule has 1 heterocycles. The second kappa shape index (κ2) is 9.53. The van der Waals surface area contributed by atoms with Gasteiger partial charge in [0.15, 0.2) is 5.11 Å². The molecule has 0 aliphatic heterocycles. The van der Waals surface area contributed by atoms with Gasteiger partial charge in [-0.3, -0.25) is 25.8 Å². The number of aromatic nitrogens is 1. The lowest BCUT2D eigenvalue weighted by molar-refractivity contribution is -0.122. The average molecular weight is 475 g/mol. The lowest BCUT2D eigenvalue weighted by Crippen LogP contribution is -2.49. The third kappa shape index (κ3) is 5.33. The van der Waals surface area contributed by atoms with E-state index < -0.39 is 5.91 Å². The van der Waals surface area contributed by atoms with Crippen LogP contribution in [0.1, 0.15) is 17.3 Å². The maximum atomic E-state index is 12.5. The van der Waals surface area contributed by atoms with Gasteiger partial charge in [0, 0.05) is 16.2 Å². The molecule has 2 aromatic carbocycles. The number of amides is 2. The van der Waals surface area contributed by atoms with Gasteiger partial charge < -0.3 is 9.30 Å². The van der Waals surface area contributed by atoms with Gasteiger partial charge in [-0.05, 0) is 54.9 Å². The predicted molar refractivity (Wildman–Crippen MR) is 119 cm³/mol. The number of halogens is 1. The minimum atomic E-state index is -0.446. The van der Waals surface area contributed by atoms with E-state index in [1.54, 1.807) is 18.2 Å². The standard InChI is InChI=1S/C20H19BrN4O3S/c1-2-28-17-8-7-14(21)11-15(17)19(27)22-20(29)24-23-18(26)12-25-10-9-13-5-3-4-6-16(13)25/h3-11H,2,12H2,1H3,(H,23,26)(H2,22,24,27,29). The van der Waals surface area contributed by atoms with E-state index in [-0.39, 0.29) is 17.6 Å². The fourth-order valence-electron chi connectivity index (χ4n) is 2.76. The van der Waals surface area contributed by atoms with Crippen LogP contribution in [0.3, 0.4) is 0 Å². The molecule has 0 bridgehead atoms. The molecule has 0 atom stereocenters. The van der Waals surface area contributed by atoms with Gasteiger partial charge >= 0.3 is 0 Å². The number of rotatable bonds is 5. The van der Waals surface area contributed by atoms with Crippen LogP contribution < -0.4 is 20.9 Å². The molecule has 2 amide bonds. The maximum Gasteiger partial charge on any atom is 0.261 e. The Labute approximate surface area is 181 Å². The number of hydrogen-bond acceptors (Lipinski definition) is 4. The molecule has 0 fully saturated rings. The van der Waals surface area contributed by atoms with Gasteiger partial charge in [0.1, 0.15) is 12.3 Å². The summed E-state index contributed by atoms with van der Waals surface area (Å²) in [4.78, 5) is 24.7. The summed E-state index contributed by atoms with van der Waals surface area (Å²) >= 11 is 8.43. The topological polar surface area (TPSA) is 84.4 Å². The van der Waals surface area contributed by atoms with Gasteiger partial charge in [0.25, 0.3) is 11.8 Å². The zero-order chi connectivity index (χ0) is 20.8. The number of para-hydroxylation sites is 1. The summed E-state index contributed by atoms with van der Waals surface area (Å²) in [6, 6.07) is 14.8. The Morgan fingerprint density at radius 3 is 2.72 bits per heavy atom. The SMILES string of the molecule is CCOc1ccc(Br)cc1C(=O)NC(=S)NNC(=O)Cn1ccc2ccccc21. The van der Waals surface area contributed by atoms with Crippen molar-refractivity contribution < 1.29 is 14.3 Å². The molecular formula is C20H19BrN4O3S. The molecule has 0 unspecified atom stereocenters. The number of ether oxygens (including phenoxy) is 1. The minimum Gasteiger partial charge on any atom is -0.493 e. The first-order chi connectivity index (χ1) is 14.0. The summed E-state index contributed by atoms with van der Waals surface area (Å²) in [5.74, 6) is -0.308. The quantitative estimate of drug-likeness (QED) is 0.390. The molecule has 0 saturated carbocycles. The van der Waals surface area contributed by atoms with E-state index in [9.17, 15) is 9.59 Å². The van der Waals surface area contributed by atoms with Crippen LogP contribution in [0.2, 0.25) is 0 Å². The third-order valence-corrected chi connectivity index (χ3v) is 4.72. The highest BCUT2D eigenvalue weighted by molar-refractivity contribution is 9.10. The van der Waals surface area contributed by atoms with E-state index in [0.29, 0.717) is 17.9 Å². The van der Waals surface area contributed by atoms with Crippen molar-refractivity contribution in [2.75, 3.05) is 6.61 Å². The first-order valence-electron chi connectivity index (χ1n) is 8.84. The second-order valence-electron chi connectivity index (χ2n) is 6.03. The summed E-state index contributed by atoms with van der Waals surface area (Å²) < 4.78 is 8.03. The summed E-state index contributed by atoms with van der Waals surface area (Å²) in [6.07, 6.45) is 1.84. The van der Waals surface area contributed by atoms with Gasteiger partial charge in [-0.1, -0.05) is 34.1 Å². The monoisotopic (exact) mass is 474 g/mol. The van der Waals surface area contributed by atoms with E-state index in [2.05, 4.69) is 32.1 Å². The lowest BCUT2D eigenvalue weighted by Gasteiger charge is -2.13. The predicted octanol–water partition coefficient (Wildman–Crippen LogP) is 3.14. The highest BCUT2D eigenvalue weighted by Crippen LogP contribution is 2.23. The Bertz CT molecular complexity index is 1070. The largest absolute Gasteiger partial charge is 0.493 e. The molecule has 0 spiro atoms. The number of nitrogens with zero attached hydrogens (tertiary/aromatic N) is 1. The lowest BCUT2D eigenvalue weighted by atomic mass is 10.2. The van der Waals surface area contributed by atoms with Crippen molar-refractivity contribution in [2.45, 2.75) is 13.5 Å². The van der Waals surface area contributed by atoms with Crippen LogP contribution in [0, 0.1) is 0 Å². The summed E-state index contributed by atoms with van der Waals surface area (Å²) in [7, 11) is 0. The highest BCUT2D eigenvalue weighted by atomic mass is 79.9. The van der Waals surface area contributed by atoms with Crippen LogP contribution in [-0.2, 0) is 11.3 Å². The van der Waals surface area contributed by atoms with Gasteiger partial charge in [-0.25, -0.2) is 0 Å².